The maximum Gasteiger partial charge on any atom is 0.185 e. The average Bonchev–Trinajstić information content (AvgIpc) is 3.19. The first-order valence-corrected chi connectivity index (χ1v) is 12.1. The van der Waals surface area contributed by atoms with Gasteiger partial charge in [-0.05, 0) is 49.6 Å². The molecule has 1 aliphatic heterocycles. The first-order chi connectivity index (χ1) is 13.9. The third-order valence-electron chi connectivity index (χ3n) is 5.34. The summed E-state index contributed by atoms with van der Waals surface area (Å²) in [6, 6.07) is 13.6. The molecule has 0 spiro atoms. The molecule has 0 saturated carbocycles. The van der Waals surface area contributed by atoms with Crippen LogP contribution in [-0.2, 0) is 16.3 Å². The fourth-order valence-electron chi connectivity index (χ4n) is 3.61. The molecule has 2 aromatic carbocycles. The SMILES string of the molecule is Cc1ccc(Cc2csc(N3CCC(S(=O)(=O)c4ccc(F)cc4)CC3)n2)cc1. The lowest BCUT2D eigenvalue weighted by Crippen LogP contribution is -2.39. The lowest BCUT2D eigenvalue weighted by atomic mass is 10.1. The Balaban J connectivity index is 1.39. The Bertz CT molecular complexity index is 1070. The van der Waals surface area contributed by atoms with Crippen molar-refractivity contribution in [3.05, 3.63) is 76.5 Å². The lowest BCUT2D eigenvalue weighted by molar-refractivity contribution is 0.529. The molecule has 1 aliphatic rings. The van der Waals surface area contributed by atoms with Gasteiger partial charge in [0.25, 0.3) is 0 Å². The minimum atomic E-state index is -3.43. The van der Waals surface area contributed by atoms with E-state index in [2.05, 4.69) is 41.5 Å². The zero-order valence-corrected chi connectivity index (χ0v) is 17.8. The monoisotopic (exact) mass is 430 g/mol. The van der Waals surface area contributed by atoms with Gasteiger partial charge in [-0.2, -0.15) is 0 Å². The van der Waals surface area contributed by atoms with Gasteiger partial charge in [0.05, 0.1) is 15.8 Å². The van der Waals surface area contributed by atoms with Crippen LogP contribution in [0.4, 0.5) is 9.52 Å². The van der Waals surface area contributed by atoms with E-state index < -0.39 is 20.9 Å². The fraction of sp³-hybridized carbons (Fsp3) is 0.318. The second-order valence-corrected chi connectivity index (χ2v) is 10.5. The number of benzene rings is 2. The maximum atomic E-state index is 13.1. The predicted molar refractivity (Wildman–Crippen MR) is 115 cm³/mol. The molecule has 2 heterocycles. The Labute approximate surface area is 175 Å². The number of nitrogens with zero attached hydrogens (tertiary/aromatic N) is 2. The fourth-order valence-corrected chi connectivity index (χ4v) is 6.22. The van der Waals surface area contributed by atoms with Crippen LogP contribution in [0.2, 0.25) is 0 Å². The molecule has 7 heteroatoms. The number of hydrogen-bond acceptors (Lipinski definition) is 5. The Morgan fingerprint density at radius 3 is 2.38 bits per heavy atom. The molecule has 4 rings (SSSR count). The molecule has 0 amide bonds. The van der Waals surface area contributed by atoms with E-state index in [0.717, 1.165) is 17.2 Å². The van der Waals surface area contributed by atoms with Crippen LogP contribution in [0.1, 0.15) is 29.7 Å². The van der Waals surface area contributed by atoms with Gasteiger partial charge in [-0.15, -0.1) is 11.3 Å². The highest BCUT2D eigenvalue weighted by molar-refractivity contribution is 7.92. The van der Waals surface area contributed by atoms with Gasteiger partial charge in [0.15, 0.2) is 15.0 Å². The van der Waals surface area contributed by atoms with Crippen LogP contribution >= 0.6 is 11.3 Å². The second-order valence-electron chi connectivity index (χ2n) is 7.47. The number of halogens is 1. The van der Waals surface area contributed by atoms with Crippen molar-refractivity contribution in [1.82, 2.24) is 4.98 Å². The summed E-state index contributed by atoms with van der Waals surface area (Å²) >= 11 is 1.61. The third-order valence-corrected chi connectivity index (χ3v) is 8.57. The van der Waals surface area contributed by atoms with Crippen LogP contribution in [0, 0.1) is 12.7 Å². The number of aryl methyl sites for hydroxylation is 1. The molecule has 152 valence electrons. The predicted octanol–water partition coefficient (Wildman–Crippen LogP) is 4.62. The van der Waals surface area contributed by atoms with E-state index in [0.29, 0.717) is 25.9 Å². The summed E-state index contributed by atoms with van der Waals surface area (Å²) in [5.41, 5.74) is 3.51. The molecule has 0 bridgehead atoms. The highest BCUT2D eigenvalue weighted by Crippen LogP contribution is 2.29. The second kappa shape index (κ2) is 8.24. The molecule has 0 radical (unpaired) electrons. The van der Waals surface area contributed by atoms with Crippen molar-refractivity contribution in [1.29, 1.82) is 0 Å². The molecule has 4 nitrogen and oxygen atoms in total. The molecule has 0 atom stereocenters. The first-order valence-electron chi connectivity index (χ1n) is 9.66. The van der Waals surface area contributed by atoms with Gasteiger partial charge in [0.1, 0.15) is 5.82 Å². The molecule has 0 unspecified atom stereocenters. The number of hydrogen-bond donors (Lipinski definition) is 0. The van der Waals surface area contributed by atoms with Crippen molar-refractivity contribution >= 4 is 26.3 Å². The smallest absolute Gasteiger partial charge is 0.185 e. The van der Waals surface area contributed by atoms with Gasteiger partial charge in [-0.1, -0.05) is 29.8 Å². The van der Waals surface area contributed by atoms with E-state index in [-0.39, 0.29) is 4.90 Å². The van der Waals surface area contributed by atoms with E-state index in [4.69, 9.17) is 4.98 Å². The van der Waals surface area contributed by atoms with Crippen LogP contribution in [0.5, 0.6) is 0 Å². The summed E-state index contributed by atoms with van der Waals surface area (Å²) < 4.78 is 38.7. The Morgan fingerprint density at radius 1 is 1.07 bits per heavy atom. The first kappa shape index (κ1) is 20.0. The molecule has 29 heavy (non-hydrogen) atoms. The minimum Gasteiger partial charge on any atom is -0.348 e. The summed E-state index contributed by atoms with van der Waals surface area (Å²) in [6.07, 6.45) is 1.89. The zero-order valence-electron chi connectivity index (χ0n) is 16.2. The Kier molecular flexibility index (Phi) is 5.69. The van der Waals surface area contributed by atoms with Gasteiger partial charge in [-0.25, -0.2) is 17.8 Å². The minimum absolute atomic E-state index is 0.201. The normalized spacial score (nSPS) is 15.6. The van der Waals surface area contributed by atoms with Crippen LogP contribution in [-0.4, -0.2) is 31.7 Å². The molecule has 0 N–H and O–H groups in total. The molecular weight excluding hydrogens is 407 g/mol. The highest BCUT2D eigenvalue weighted by Gasteiger charge is 2.32. The quantitative estimate of drug-likeness (QED) is 0.554. The zero-order chi connectivity index (χ0) is 20.4. The van der Waals surface area contributed by atoms with E-state index in [9.17, 15) is 12.8 Å². The Morgan fingerprint density at radius 2 is 1.72 bits per heavy atom. The van der Waals surface area contributed by atoms with E-state index in [1.807, 2.05) is 0 Å². The number of sulfone groups is 1. The third kappa shape index (κ3) is 4.51. The summed E-state index contributed by atoms with van der Waals surface area (Å²) in [7, 11) is -3.43. The molecule has 1 saturated heterocycles. The number of rotatable bonds is 5. The molecule has 0 aliphatic carbocycles. The summed E-state index contributed by atoms with van der Waals surface area (Å²) in [5, 5.41) is 2.59. The van der Waals surface area contributed by atoms with Crippen molar-refractivity contribution < 1.29 is 12.8 Å². The topological polar surface area (TPSA) is 50.3 Å². The number of aromatic nitrogens is 1. The van der Waals surface area contributed by atoms with Gasteiger partial charge >= 0.3 is 0 Å². The average molecular weight is 431 g/mol. The number of anilines is 1. The van der Waals surface area contributed by atoms with Gasteiger partial charge in [0, 0.05) is 24.9 Å². The van der Waals surface area contributed by atoms with Crippen molar-refractivity contribution in [2.45, 2.75) is 36.3 Å². The van der Waals surface area contributed by atoms with E-state index in [1.165, 1.54) is 35.4 Å². The summed E-state index contributed by atoms with van der Waals surface area (Å²) in [6.45, 7) is 3.38. The van der Waals surface area contributed by atoms with Crippen LogP contribution in [0.3, 0.4) is 0 Å². The lowest BCUT2D eigenvalue weighted by Gasteiger charge is -2.31. The number of piperidine rings is 1. The van der Waals surface area contributed by atoms with Crippen molar-refractivity contribution in [2.75, 3.05) is 18.0 Å². The van der Waals surface area contributed by atoms with Crippen molar-refractivity contribution in [2.24, 2.45) is 0 Å². The molecular formula is C22H23FN2O2S2. The highest BCUT2D eigenvalue weighted by atomic mass is 32.2. The van der Waals surface area contributed by atoms with Gasteiger partial charge < -0.3 is 4.90 Å². The van der Waals surface area contributed by atoms with Crippen molar-refractivity contribution in [3.8, 4) is 0 Å². The van der Waals surface area contributed by atoms with E-state index >= 15 is 0 Å². The van der Waals surface area contributed by atoms with Gasteiger partial charge in [0.2, 0.25) is 0 Å². The van der Waals surface area contributed by atoms with Crippen LogP contribution in [0.25, 0.3) is 0 Å². The van der Waals surface area contributed by atoms with E-state index in [1.54, 1.807) is 11.3 Å². The van der Waals surface area contributed by atoms with Gasteiger partial charge in [-0.3, -0.25) is 0 Å². The van der Waals surface area contributed by atoms with Crippen LogP contribution in [0.15, 0.2) is 58.8 Å². The standard InChI is InChI=1S/C22H23FN2O2S2/c1-16-2-4-17(5-3-16)14-19-15-28-22(24-19)25-12-10-21(11-13-25)29(26,27)20-8-6-18(23)7-9-20/h2-9,15,21H,10-14H2,1H3. The molecule has 3 aromatic rings. The summed E-state index contributed by atoms with van der Waals surface area (Å²) in [4.78, 5) is 7.13. The number of thiazole rings is 1. The molecule has 1 aromatic heterocycles. The largest absolute Gasteiger partial charge is 0.348 e. The molecule has 1 fully saturated rings. The summed E-state index contributed by atoms with van der Waals surface area (Å²) in [5.74, 6) is -0.427. The Hall–Kier alpha value is -2.25. The maximum absolute atomic E-state index is 13.1. The van der Waals surface area contributed by atoms with Crippen molar-refractivity contribution in [3.63, 3.8) is 0 Å². The van der Waals surface area contributed by atoms with Crippen LogP contribution < -0.4 is 4.90 Å².